The number of likely N-dealkylation sites (tertiary alicyclic amines) is 1. The Balaban J connectivity index is 2.02. The number of benzene rings is 1. The van der Waals surface area contributed by atoms with Gasteiger partial charge in [0.05, 0.1) is 17.1 Å². The van der Waals surface area contributed by atoms with Gasteiger partial charge in [0.2, 0.25) is 5.91 Å². The van der Waals surface area contributed by atoms with E-state index in [1.807, 2.05) is 4.90 Å². The molecule has 1 atom stereocenters. The molecule has 6 heteroatoms. The first-order valence-corrected chi connectivity index (χ1v) is 8.32. The minimum absolute atomic E-state index is 0.0904. The third kappa shape index (κ3) is 4.38. The summed E-state index contributed by atoms with van der Waals surface area (Å²) in [5.74, 6) is -0.0673. The topological polar surface area (TPSA) is 52.7 Å². The van der Waals surface area contributed by atoms with Crippen molar-refractivity contribution >= 4 is 29.1 Å². The van der Waals surface area contributed by atoms with Crippen LogP contribution in [0.2, 0.25) is 5.02 Å². The van der Waals surface area contributed by atoms with Gasteiger partial charge in [-0.05, 0) is 44.4 Å². The highest BCUT2D eigenvalue weighted by Gasteiger charge is 2.22. The lowest BCUT2D eigenvalue weighted by Gasteiger charge is -2.33. The average molecular weight is 338 g/mol. The summed E-state index contributed by atoms with van der Waals surface area (Å²) in [7, 11) is 3.36. The lowest BCUT2D eigenvalue weighted by molar-refractivity contribution is -0.132. The van der Waals surface area contributed by atoms with Crippen LogP contribution in [0.4, 0.5) is 5.69 Å². The van der Waals surface area contributed by atoms with Crippen LogP contribution >= 0.6 is 11.6 Å². The molecule has 1 aliphatic heterocycles. The van der Waals surface area contributed by atoms with Gasteiger partial charge in [-0.25, -0.2) is 0 Å². The summed E-state index contributed by atoms with van der Waals surface area (Å²) >= 11 is 6.09. The zero-order chi connectivity index (χ0) is 17.0. The Labute approximate surface area is 142 Å². The minimum atomic E-state index is -0.158. The molecule has 1 unspecified atom stereocenters. The SMILES string of the molecule is CC1CCCCN1C(=O)CNc1ccc(Cl)c(C(=O)N(C)C)c1. The standard InChI is InChI=1S/C17H24ClN3O2/c1-12-6-4-5-9-21(12)16(22)11-19-13-7-8-15(18)14(10-13)17(23)20(2)3/h7-8,10,12,19H,4-6,9,11H2,1-3H3. The van der Waals surface area contributed by atoms with Gasteiger partial charge in [-0.1, -0.05) is 11.6 Å². The fraction of sp³-hybridized carbons (Fsp3) is 0.529. The Morgan fingerprint density at radius 2 is 2.09 bits per heavy atom. The number of nitrogens with zero attached hydrogens (tertiary/aromatic N) is 2. The van der Waals surface area contributed by atoms with Crippen LogP contribution in [0.3, 0.4) is 0 Å². The van der Waals surface area contributed by atoms with Crippen LogP contribution in [0.5, 0.6) is 0 Å². The lowest BCUT2D eigenvalue weighted by atomic mass is 10.0. The number of carbonyl (C=O) groups excluding carboxylic acids is 2. The number of hydrogen-bond acceptors (Lipinski definition) is 3. The summed E-state index contributed by atoms with van der Waals surface area (Å²) in [6, 6.07) is 5.45. The molecule has 2 rings (SSSR count). The third-order valence-electron chi connectivity index (χ3n) is 4.17. The molecule has 1 fully saturated rings. The van der Waals surface area contributed by atoms with Crippen LogP contribution in [0.15, 0.2) is 18.2 Å². The van der Waals surface area contributed by atoms with Gasteiger partial charge in [0.1, 0.15) is 0 Å². The molecule has 1 aliphatic rings. The van der Waals surface area contributed by atoms with Crippen molar-refractivity contribution in [1.29, 1.82) is 0 Å². The quantitative estimate of drug-likeness (QED) is 0.919. The van der Waals surface area contributed by atoms with Crippen molar-refractivity contribution in [3.8, 4) is 0 Å². The normalized spacial score (nSPS) is 17.7. The molecule has 0 radical (unpaired) electrons. The molecule has 23 heavy (non-hydrogen) atoms. The molecule has 1 aromatic rings. The summed E-state index contributed by atoms with van der Waals surface area (Å²) in [5, 5.41) is 3.51. The number of piperidine rings is 1. The number of halogens is 1. The van der Waals surface area contributed by atoms with E-state index in [4.69, 9.17) is 11.6 Å². The molecule has 0 bridgehead atoms. The van der Waals surface area contributed by atoms with Crippen molar-refractivity contribution in [2.75, 3.05) is 32.5 Å². The van der Waals surface area contributed by atoms with E-state index in [-0.39, 0.29) is 18.4 Å². The van der Waals surface area contributed by atoms with Gasteiger partial charge in [-0.15, -0.1) is 0 Å². The zero-order valence-corrected chi connectivity index (χ0v) is 14.7. The first-order chi connectivity index (χ1) is 10.9. The van der Waals surface area contributed by atoms with Crippen molar-refractivity contribution in [3.63, 3.8) is 0 Å². The van der Waals surface area contributed by atoms with E-state index in [1.54, 1.807) is 32.3 Å². The largest absolute Gasteiger partial charge is 0.376 e. The van der Waals surface area contributed by atoms with E-state index in [1.165, 1.54) is 11.3 Å². The monoisotopic (exact) mass is 337 g/mol. The Bertz CT molecular complexity index is 589. The molecular weight excluding hydrogens is 314 g/mol. The Kier molecular flexibility index (Phi) is 5.88. The maximum atomic E-state index is 12.3. The number of anilines is 1. The Morgan fingerprint density at radius 1 is 1.35 bits per heavy atom. The van der Waals surface area contributed by atoms with E-state index < -0.39 is 0 Å². The highest BCUT2D eigenvalue weighted by molar-refractivity contribution is 6.34. The van der Waals surface area contributed by atoms with E-state index in [2.05, 4.69) is 12.2 Å². The van der Waals surface area contributed by atoms with Gasteiger partial charge < -0.3 is 15.1 Å². The van der Waals surface area contributed by atoms with Crippen molar-refractivity contribution in [2.24, 2.45) is 0 Å². The van der Waals surface area contributed by atoms with E-state index in [0.717, 1.165) is 25.1 Å². The molecule has 1 heterocycles. The number of nitrogens with one attached hydrogen (secondary N) is 1. The zero-order valence-electron chi connectivity index (χ0n) is 13.9. The number of carbonyl (C=O) groups is 2. The van der Waals surface area contributed by atoms with Crippen molar-refractivity contribution in [3.05, 3.63) is 28.8 Å². The summed E-state index contributed by atoms with van der Waals surface area (Å²) in [6.45, 7) is 3.14. The Hall–Kier alpha value is -1.75. The van der Waals surface area contributed by atoms with Crippen LogP contribution in [-0.2, 0) is 4.79 Å². The first-order valence-electron chi connectivity index (χ1n) is 7.94. The van der Waals surface area contributed by atoms with Crippen LogP contribution in [0.1, 0.15) is 36.5 Å². The molecular formula is C17H24ClN3O2. The van der Waals surface area contributed by atoms with Gasteiger partial charge in [-0.2, -0.15) is 0 Å². The molecule has 0 aliphatic carbocycles. The average Bonchev–Trinajstić information content (AvgIpc) is 2.53. The van der Waals surface area contributed by atoms with Crippen molar-refractivity contribution in [1.82, 2.24) is 9.80 Å². The van der Waals surface area contributed by atoms with Gasteiger partial charge >= 0.3 is 0 Å². The number of hydrogen-bond donors (Lipinski definition) is 1. The number of amides is 2. The molecule has 1 N–H and O–H groups in total. The molecule has 2 amide bonds. The minimum Gasteiger partial charge on any atom is -0.376 e. The smallest absolute Gasteiger partial charge is 0.254 e. The van der Waals surface area contributed by atoms with Gasteiger partial charge in [0.15, 0.2) is 0 Å². The highest BCUT2D eigenvalue weighted by Crippen LogP contribution is 2.22. The lowest BCUT2D eigenvalue weighted by Crippen LogP contribution is -2.44. The van der Waals surface area contributed by atoms with Crippen LogP contribution in [-0.4, -0.2) is 54.8 Å². The third-order valence-corrected chi connectivity index (χ3v) is 4.50. The van der Waals surface area contributed by atoms with Crippen LogP contribution < -0.4 is 5.32 Å². The summed E-state index contributed by atoms with van der Waals surface area (Å²) < 4.78 is 0. The van der Waals surface area contributed by atoms with Gasteiger partial charge in [-0.3, -0.25) is 9.59 Å². The summed E-state index contributed by atoms with van der Waals surface area (Å²) in [6.07, 6.45) is 3.32. The fourth-order valence-electron chi connectivity index (χ4n) is 2.79. The second-order valence-electron chi connectivity index (χ2n) is 6.18. The van der Waals surface area contributed by atoms with Gasteiger partial charge in [0, 0.05) is 32.4 Å². The van der Waals surface area contributed by atoms with E-state index in [0.29, 0.717) is 16.6 Å². The highest BCUT2D eigenvalue weighted by atomic mass is 35.5. The van der Waals surface area contributed by atoms with E-state index >= 15 is 0 Å². The summed E-state index contributed by atoms with van der Waals surface area (Å²) in [5.41, 5.74) is 1.15. The van der Waals surface area contributed by atoms with E-state index in [9.17, 15) is 9.59 Å². The fourth-order valence-corrected chi connectivity index (χ4v) is 2.99. The molecule has 0 saturated carbocycles. The maximum Gasteiger partial charge on any atom is 0.254 e. The molecule has 126 valence electrons. The predicted molar refractivity (Wildman–Crippen MR) is 93.0 cm³/mol. The maximum absolute atomic E-state index is 12.3. The van der Waals surface area contributed by atoms with Crippen molar-refractivity contribution in [2.45, 2.75) is 32.2 Å². The molecule has 1 saturated heterocycles. The second kappa shape index (κ2) is 7.68. The van der Waals surface area contributed by atoms with Crippen molar-refractivity contribution < 1.29 is 9.59 Å². The van der Waals surface area contributed by atoms with Crippen LogP contribution in [0, 0.1) is 0 Å². The molecule has 0 spiro atoms. The molecule has 1 aromatic carbocycles. The first kappa shape index (κ1) is 17.6. The predicted octanol–water partition coefficient (Wildman–Crippen LogP) is 2.85. The second-order valence-corrected chi connectivity index (χ2v) is 6.59. The summed E-state index contributed by atoms with van der Waals surface area (Å²) in [4.78, 5) is 27.8. The molecule has 0 aromatic heterocycles. The molecule has 5 nitrogen and oxygen atoms in total. The van der Waals surface area contributed by atoms with Crippen LogP contribution in [0.25, 0.3) is 0 Å². The van der Waals surface area contributed by atoms with Gasteiger partial charge in [0.25, 0.3) is 5.91 Å². The Morgan fingerprint density at radius 3 is 2.74 bits per heavy atom. The number of rotatable bonds is 4.